The van der Waals surface area contributed by atoms with Gasteiger partial charge in [0.05, 0.1) is 31.9 Å². The van der Waals surface area contributed by atoms with Crippen molar-refractivity contribution in [3.8, 4) is 0 Å². The van der Waals surface area contributed by atoms with E-state index in [1.165, 1.54) is 6.92 Å². The number of aliphatic hydroxyl groups is 1. The van der Waals surface area contributed by atoms with Crippen molar-refractivity contribution in [2.45, 2.75) is 269 Å². The highest BCUT2D eigenvalue weighted by Gasteiger charge is 2.40. The third-order valence-electron chi connectivity index (χ3n) is 18.4. The normalized spacial score (nSPS) is 14.9. The number of nitrogens with two attached hydrogens (primary N) is 7. The van der Waals surface area contributed by atoms with Crippen molar-refractivity contribution in [3.05, 3.63) is 0 Å². The summed E-state index contributed by atoms with van der Waals surface area (Å²) in [5, 5.41) is 103. The van der Waals surface area contributed by atoms with Crippen LogP contribution in [0.2, 0.25) is 0 Å². The molecule has 0 radical (unpaired) electrons. The van der Waals surface area contributed by atoms with Crippen molar-refractivity contribution in [2.75, 3.05) is 26.2 Å². The quantitative estimate of drug-likeness (QED) is 0.0153. The maximum atomic E-state index is 14.7. The minimum Gasteiger partial charge on any atom is -0.481 e. The number of aliphatic hydroxyl groups excluding tert-OH is 1. The van der Waals surface area contributed by atoms with Crippen LogP contribution in [-0.4, -0.2) is 274 Å². The molecule has 0 heterocycles. The minimum atomic E-state index is -1.97. The summed E-state index contributed by atoms with van der Waals surface area (Å²) in [6, 6.07) is -24.9. The highest BCUT2D eigenvalue weighted by Crippen LogP contribution is 2.16. The van der Waals surface area contributed by atoms with Crippen molar-refractivity contribution in [1.82, 2.24) is 90.4 Å². The molecule has 0 bridgehead atoms. The first-order valence-electron chi connectivity index (χ1n) is 40.1. The van der Waals surface area contributed by atoms with E-state index >= 15 is 0 Å². The fourth-order valence-electron chi connectivity index (χ4n) is 11.6. The van der Waals surface area contributed by atoms with Crippen LogP contribution in [0, 0.1) is 39.9 Å². The Morgan fingerprint density at radius 2 is 0.597 bits per heavy atom. The summed E-state index contributed by atoms with van der Waals surface area (Å²) in [5.41, 5.74) is 38.1. The van der Waals surface area contributed by atoms with Crippen LogP contribution in [0.5, 0.6) is 0 Å². The standard InChI is InChI=1S/C73H129N27O24/c1-11-35(8)55(100-57(110)37(10)87-58(111)38(74)28-51(76)103)69(122)93-42(18-20-50(75)102)63(116)92-43(19-21-53(105)106)59(112)88-36(9)56(109)89-39(15-12-22-84-71(78)79)60(113)90-40(16-13-23-85-72(80)81)61(114)94-44(25-32(2)3)64(117)95-45(26-33(4)5)65(118)97-47(29-52(77)104)67(120)96-46(27-34(6)7)66(119)99-49(31-101)68(121)91-41(17-14-24-86-73(82)83)62(115)98-48(70(123)124)30-54(107)108/h32-49,55,101H,11-31,74H2,1-10H3,(H2,75,102)(H2,76,103)(H2,77,104)(H,87,111)(H,88,112)(H,89,109)(H,90,113)(H,91,121)(H,92,116)(H,93,122)(H,94,114)(H,95,117)(H,96,120)(H,97,118)(H,98,115)(H,99,119)(H,100,110)(H,105,106)(H,107,108)(H,123,124)(H4,78,79,84)(H4,80,81,85)(H4,82,83,86). The van der Waals surface area contributed by atoms with Gasteiger partial charge < -0.3 is 151 Å². The van der Waals surface area contributed by atoms with E-state index in [0.29, 0.717) is 0 Å². The van der Waals surface area contributed by atoms with Gasteiger partial charge in [0.1, 0.15) is 84.6 Å². The molecule has 0 aliphatic rings. The van der Waals surface area contributed by atoms with E-state index in [0.717, 1.165) is 6.92 Å². The SMILES string of the molecule is CCC(C)C(NC(=O)C(C)NC(=O)C(N)CC(N)=O)C(=O)NC(CCC(N)=O)C(=O)NC(CCC(=O)O)C(=O)NC(C)C(=O)NC(CCCNC(=N)N)C(=O)NC(CCCNC(=N)N)C(=O)NC(CC(C)C)C(=O)NC(CC(C)C)C(=O)NC(CC(N)=O)C(=O)NC(CC(C)C)C(=O)NC(CO)C(=O)NC(CCCNC(=N)N)C(=O)NC(CC(=O)O)C(=O)O. The lowest BCUT2D eigenvalue weighted by Crippen LogP contribution is -2.61. The number of aliphatic carboxylic acids is 3. The average Bonchev–Trinajstić information content (AvgIpc) is 0.865. The van der Waals surface area contributed by atoms with Gasteiger partial charge in [0.2, 0.25) is 100 Å². The molecule has 0 saturated carbocycles. The van der Waals surface area contributed by atoms with Crippen LogP contribution in [0.15, 0.2) is 0 Å². The van der Waals surface area contributed by atoms with Crippen LogP contribution in [0.25, 0.3) is 0 Å². The van der Waals surface area contributed by atoms with Crippen molar-refractivity contribution in [2.24, 2.45) is 63.8 Å². The second-order valence-electron chi connectivity index (χ2n) is 30.8. The largest absolute Gasteiger partial charge is 0.481 e. The molecule has 17 amide bonds. The lowest BCUT2D eigenvalue weighted by molar-refractivity contribution is -0.147. The van der Waals surface area contributed by atoms with Crippen LogP contribution in [0.4, 0.5) is 0 Å². The van der Waals surface area contributed by atoms with E-state index in [1.807, 2.05) is 5.32 Å². The summed E-state index contributed by atoms with van der Waals surface area (Å²) in [6.45, 7) is 14.1. The molecule has 16 atom stereocenters. The summed E-state index contributed by atoms with van der Waals surface area (Å²) < 4.78 is 0. The van der Waals surface area contributed by atoms with Gasteiger partial charge in [-0.05, 0) is 108 Å². The van der Waals surface area contributed by atoms with Gasteiger partial charge in [-0.3, -0.25) is 107 Å². The average molecular weight is 1770 g/mol. The Bertz CT molecular complexity index is 3740. The highest BCUT2D eigenvalue weighted by molar-refractivity contribution is 6.02. The maximum absolute atomic E-state index is 14.7. The zero-order chi connectivity index (χ0) is 95.1. The predicted octanol–water partition coefficient (Wildman–Crippen LogP) is -10.5. The number of primary amides is 3. The molecule has 124 heavy (non-hydrogen) atoms. The topological polar surface area (TPSA) is 881 Å². The number of amides is 17. The lowest BCUT2D eigenvalue weighted by atomic mass is 9.97. The van der Waals surface area contributed by atoms with Crippen molar-refractivity contribution >= 4 is 136 Å². The van der Waals surface area contributed by atoms with E-state index in [4.69, 9.17) is 56.4 Å². The Labute approximate surface area is 715 Å². The first kappa shape index (κ1) is 111. The van der Waals surface area contributed by atoms with E-state index < -0.39 is 302 Å². The van der Waals surface area contributed by atoms with Crippen LogP contribution < -0.4 is 131 Å². The van der Waals surface area contributed by atoms with E-state index in [-0.39, 0.29) is 83.8 Å². The zero-order valence-corrected chi connectivity index (χ0v) is 71.3. The van der Waals surface area contributed by atoms with E-state index in [2.05, 4.69) is 85.1 Å². The summed E-state index contributed by atoms with van der Waals surface area (Å²) in [7, 11) is 0. The highest BCUT2D eigenvalue weighted by atomic mass is 16.4. The summed E-state index contributed by atoms with van der Waals surface area (Å²) >= 11 is 0. The van der Waals surface area contributed by atoms with E-state index in [9.17, 15) is 116 Å². The van der Waals surface area contributed by atoms with Gasteiger partial charge >= 0.3 is 17.9 Å². The van der Waals surface area contributed by atoms with Gasteiger partial charge in [-0.2, -0.15) is 0 Å². The number of carbonyl (C=O) groups excluding carboxylic acids is 17. The monoisotopic (exact) mass is 1770 g/mol. The Morgan fingerprint density at radius 3 is 0.927 bits per heavy atom. The minimum absolute atomic E-state index is 0.0198. The predicted molar refractivity (Wildman–Crippen MR) is 442 cm³/mol. The summed E-state index contributed by atoms with van der Waals surface area (Å²) in [6.07, 6.45) is -6.39. The lowest BCUT2D eigenvalue weighted by Gasteiger charge is -2.29. The Balaban J connectivity index is 7.36. The molecule has 0 aliphatic heterocycles. The van der Waals surface area contributed by atoms with Crippen LogP contribution in [0.3, 0.4) is 0 Å². The first-order valence-corrected chi connectivity index (χ1v) is 40.1. The summed E-state index contributed by atoms with van der Waals surface area (Å²) in [4.78, 5) is 268. The molecule has 0 rings (SSSR count). The molecule has 38 N–H and O–H groups in total. The van der Waals surface area contributed by atoms with Gasteiger partial charge in [0, 0.05) is 32.5 Å². The number of hydrogen-bond donors (Lipinski definition) is 31. The van der Waals surface area contributed by atoms with Gasteiger partial charge in [0.25, 0.3) is 0 Å². The molecule has 51 heteroatoms. The number of guanidine groups is 3. The third kappa shape index (κ3) is 46.2. The first-order chi connectivity index (χ1) is 57.7. The van der Waals surface area contributed by atoms with E-state index in [1.54, 1.807) is 55.4 Å². The second kappa shape index (κ2) is 57.4. The molecule has 16 unspecified atom stereocenters. The molecule has 0 fully saturated rings. The number of hydrogen-bond acceptors (Lipinski definition) is 25. The molecule has 0 aliphatic carbocycles. The summed E-state index contributed by atoms with van der Waals surface area (Å²) in [5.74, 6) is -26.6. The van der Waals surface area contributed by atoms with Gasteiger partial charge in [-0.15, -0.1) is 0 Å². The van der Waals surface area contributed by atoms with Crippen LogP contribution in [0.1, 0.15) is 178 Å². The fraction of sp³-hybridized carbons (Fsp3) is 0.685. The third-order valence-corrected chi connectivity index (χ3v) is 18.4. The number of nitrogens with one attached hydrogen (secondary N) is 20. The van der Waals surface area contributed by atoms with Crippen molar-refractivity contribution < 1.29 is 116 Å². The van der Waals surface area contributed by atoms with Crippen molar-refractivity contribution in [3.63, 3.8) is 0 Å². The fourth-order valence-corrected chi connectivity index (χ4v) is 11.6. The molecular weight excluding hydrogens is 1640 g/mol. The number of carboxylic acid groups (broad SMARTS) is 3. The molecular formula is C73H129N27O24. The number of carbonyl (C=O) groups is 20. The molecule has 0 saturated heterocycles. The van der Waals surface area contributed by atoms with Gasteiger partial charge in [-0.25, -0.2) is 4.79 Å². The Kier molecular flexibility index (Phi) is 51.5. The maximum Gasteiger partial charge on any atom is 0.326 e. The van der Waals surface area contributed by atoms with Crippen LogP contribution >= 0.6 is 0 Å². The molecule has 0 aromatic heterocycles. The molecule has 51 nitrogen and oxygen atoms in total. The Hall–Kier alpha value is -12.9. The number of carboxylic acids is 3. The second-order valence-corrected chi connectivity index (χ2v) is 30.8. The smallest absolute Gasteiger partial charge is 0.326 e. The number of rotatable bonds is 62. The van der Waals surface area contributed by atoms with Crippen molar-refractivity contribution in [1.29, 1.82) is 16.2 Å². The molecule has 700 valence electrons. The Morgan fingerprint density at radius 1 is 0.306 bits per heavy atom. The van der Waals surface area contributed by atoms with Gasteiger partial charge in [-0.1, -0.05) is 61.8 Å². The molecule has 0 aromatic carbocycles. The van der Waals surface area contributed by atoms with Crippen LogP contribution in [-0.2, 0) is 95.9 Å². The molecule has 0 aromatic rings. The molecule has 0 spiro atoms. The van der Waals surface area contributed by atoms with Gasteiger partial charge in [0.15, 0.2) is 17.9 Å². The zero-order valence-electron chi connectivity index (χ0n) is 71.3.